The molecule has 0 bridgehead atoms. The minimum Gasteiger partial charge on any atom is -0.494 e. The average molecular weight is 247 g/mol. The van der Waals surface area contributed by atoms with E-state index in [1.807, 2.05) is 31.2 Å². The molecule has 0 atom stereocenters. The summed E-state index contributed by atoms with van der Waals surface area (Å²) in [6, 6.07) is 8.40. The highest BCUT2D eigenvalue weighted by Gasteiger charge is 2.19. The maximum absolute atomic E-state index is 5.66. The molecule has 3 nitrogen and oxygen atoms in total. The maximum atomic E-state index is 5.66. The lowest BCUT2D eigenvalue weighted by atomic mass is 10.3. The molecule has 18 heavy (non-hydrogen) atoms. The van der Waals surface area contributed by atoms with Gasteiger partial charge in [0.15, 0.2) is 0 Å². The zero-order valence-electron chi connectivity index (χ0n) is 10.9. The molecular formula is C15H21NO2. The number of hydrogen-bond acceptors (Lipinski definition) is 3. The summed E-state index contributed by atoms with van der Waals surface area (Å²) < 4.78 is 11.0. The van der Waals surface area contributed by atoms with Gasteiger partial charge in [0, 0.05) is 12.6 Å². The number of rotatable bonds is 8. The SMILES string of the molecule is C=C(CNC1CC1)COc1ccc(OCC)cc1. The lowest BCUT2D eigenvalue weighted by Gasteiger charge is -2.10. The molecule has 0 spiro atoms. The third kappa shape index (κ3) is 4.41. The first kappa shape index (κ1) is 13.0. The van der Waals surface area contributed by atoms with Gasteiger partial charge in [0.05, 0.1) is 6.61 Å². The summed E-state index contributed by atoms with van der Waals surface area (Å²) in [6.45, 7) is 8.07. The second-order valence-corrected chi connectivity index (χ2v) is 4.60. The third-order valence-electron chi connectivity index (χ3n) is 2.80. The van der Waals surface area contributed by atoms with Crippen LogP contribution in [0.1, 0.15) is 19.8 Å². The van der Waals surface area contributed by atoms with Crippen molar-refractivity contribution in [2.75, 3.05) is 19.8 Å². The molecule has 1 aromatic rings. The van der Waals surface area contributed by atoms with Gasteiger partial charge in [-0.1, -0.05) is 6.58 Å². The average Bonchev–Trinajstić information content (AvgIpc) is 3.20. The number of nitrogens with one attached hydrogen (secondary N) is 1. The van der Waals surface area contributed by atoms with Gasteiger partial charge in [0.1, 0.15) is 18.1 Å². The van der Waals surface area contributed by atoms with E-state index in [1.54, 1.807) is 0 Å². The monoisotopic (exact) mass is 247 g/mol. The van der Waals surface area contributed by atoms with Crippen LogP contribution in [-0.4, -0.2) is 25.8 Å². The zero-order chi connectivity index (χ0) is 12.8. The Hall–Kier alpha value is -1.48. The van der Waals surface area contributed by atoms with Gasteiger partial charge in [-0.2, -0.15) is 0 Å². The largest absolute Gasteiger partial charge is 0.494 e. The van der Waals surface area contributed by atoms with E-state index in [0.29, 0.717) is 19.3 Å². The van der Waals surface area contributed by atoms with Gasteiger partial charge >= 0.3 is 0 Å². The Balaban J connectivity index is 1.69. The van der Waals surface area contributed by atoms with Gasteiger partial charge in [-0.25, -0.2) is 0 Å². The minimum atomic E-state index is 0.563. The van der Waals surface area contributed by atoms with Crippen LogP contribution in [-0.2, 0) is 0 Å². The Morgan fingerprint density at radius 1 is 1.22 bits per heavy atom. The molecule has 1 saturated carbocycles. The number of ether oxygens (including phenoxy) is 2. The molecule has 3 heteroatoms. The Morgan fingerprint density at radius 3 is 2.39 bits per heavy atom. The summed E-state index contributed by atoms with van der Waals surface area (Å²) in [5, 5.41) is 3.42. The minimum absolute atomic E-state index is 0.563. The van der Waals surface area contributed by atoms with E-state index in [0.717, 1.165) is 23.6 Å². The van der Waals surface area contributed by atoms with Crippen molar-refractivity contribution in [3.63, 3.8) is 0 Å². The van der Waals surface area contributed by atoms with Crippen molar-refractivity contribution in [1.82, 2.24) is 5.32 Å². The van der Waals surface area contributed by atoms with Crippen molar-refractivity contribution in [1.29, 1.82) is 0 Å². The quantitative estimate of drug-likeness (QED) is 0.717. The highest BCUT2D eigenvalue weighted by atomic mass is 16.5. The Labute approximate surface area is 109 Å². The van der Waals surface area contributed by atoms with Gasteiger partial charge < -0.3 is 14.8 Å². The molecule has 98 valence electrons. The maximum Gasteiger partial charge on any atom is 0.120 e. The molecule has 1 aliphatic carbocycles. The van der Waals surface area contributed by atoms with E-state index >= 15 is 0 Å². The lowest BCUT2D eigenvalue weighted by Crippen LogP contribution is -2.21. The lowest BCUT2D eigenvalue weighted by molar-refractivity contribution is 0.334. The van der Waals surface area contributed by atoms with E-state index < -0.39 is 0 Å². The second kappa shape index (κ2) is 6.45. The number of hydrogen-bond donors (Lipinski definition) is 1. The molecule has 0 saturated heterocycles. The van der Waals surface area contributed by atoms with Crippen LogP contribution in [0.4, 0.5) is 0 Å². The summed E-state index contributed by atoms with van der Waals surface area (Å²) in [5.74, 6) is 1.73. The van der Waals surface area contributed by atoms with Gasteiger partial charge in [-0.05, 0) is 49.6 Å². The zero-order valence-corrected chi connectivity index (χ0v) is 10.9. The molecule has 1 aliphatic rings. The molecule has 0 amide bonds. The first-order chi connectivity index (χ1) is 8.78. The topological polar surface area (TPSA) is 30.5 Å². The molecule has 1 N–H and O–H groups in total. The van der Waals surface area contributed by atoms with Crippen molar-refractivity contribution in [2.24, 2.45) is 0 Å². The first-order valence-corrected chi connectivity index (χ1v) is 6.53. The van der Waals surface area contributed by atoms with Crippen LogP contribution < -0.4 is 14.8 Å². The molecule has 0 aromatic heterocycles. The summed E-state index contributed by atoms with van der Waals surface area (Å²) in [5.41, 5.74) is 1.08. The smallest absolute Gasteiger partial charge is 0.120 e. The first-order valence-electron chi connectivity index (χ1n) is 6.53. The third-order valence-corrected chi connectivity index (χ3v) is 2.80. The van der Waals surface area contributed by atoms with Crippen LogP contribution in [0.2, 0.25) is 0 Å². The van der Waals surface area contributed by atoms with Gasteiger partial charge in [-0.3, -0.25) is 0 Å². The van der Waals surface area contributed by atoms with Crippen molar-refractivity contribution in [2.45, 2.75) is 25.8 Å². The van der Waals surface area contributed by atoms with E-state index in [-0.39, 0.29) is 0 Å². The van der Waals surface area contributed by atoms with Crippen molar-refractivity contribution >= 4 is 0 Å². The highest BCUT2D eigenvalue weighted by Crippen LogP contribution is 2.19. The standard InChI is InChI=1S/C15H21NO2/c1-3-17-14-6-8-15(9-7-14)18-11-12(2)10-16-13-4-5-13/h6-9,13,16H,2-5,10-11H2,1H3. The number of benzene rings is 1. The van der Waals surface area contributed by atoms with E-state index in [9.17, 15) is 0 Å². The van der Waals surface area contributed by atoms with Gasteiger partial charge in [0.25, 0.3) is 0 Å². The van der Waals surface area contributed by atoms with E-state index in [4.69, 9.17) is 9.47 Å². The molecular weight excluding hydrogens is 226 g/mol. The normalized spacial score (nSPS) is 14.3. The molecule has 0 heterocycles. The molecule has 0 aliphatic heterocycles. The molecule has 1 fully saturated rings. The summed E-state index contributed by atoms with van der Waals surface area (Å²) in [4.78, 5) is 0. The predicted molar refractivity (Wildman–Crippen MR) is 73.3 cm³/mol. The highest BCUT2D eigenvalue weighted by molar-refractivity contribution is 5.31. The van der Waals surface area contributed by atoms with Crippen molar-refractivity contribution in [3.8, 4) is 11.5 Å². The summed E-state index contributed by atoms with van der Waals surface area (Å²) >= 11 is 0. The summed E-state index contributed by atoms with van der Waals surface area (Å²) in [6.07, 6.45) is 2.60. The molecule has 0 unspecified atom stereocenters. The van der Waals surface area contributed by atoms with E-state index in [1.165, 1.54) is 12.8 Å². The summed E-state index contributed by atoms with van der Waals surface area (Å²) in [7, 11) is 0. The van der Waals surface area contributed by atoms with Crippen LogP contribution >= 0.6 is 0 Å². The molecule has 2 rings (SSSR count). The molecule has 1 aromatic carbocycles. The molecule has 0 radical (unpaired) electrons. The van der Waals surface area contributed by atoms with Crippen molar-refractivity contribution < 1.29 is 9.47 Å². The van der Waals surface area contributed by atoms with Crippen LogP contribution in [0.5, 0.6) is 11.5 Å². The van der Waals surface area contributed by atoms with Crippen LogP contribution in [0.25, 0.3) is 0 Å². The van der Waals surface area contributed by atoms with Gasteiger partial charge in [-0.15, -0.1) is 0 Å². The van der Waals surface area contributed by atoms with Crippen molar-refractivity contribution in [3.05, 3.63) is 36.4 Å². The Morgan fingerprint density at radius 2 is 1.83 bits per heavy atom. The van der Waals surface area contributed by atoms with Crippen LogP contribution in [0, 0.1) is 0 Å². The fraction of sp³-hybridized carbons (Fsp3) is 0.467. The predicted octanol–water partition coefficient (Wildman–Crippen LogP) is 2.77. The second-order valence-electron chi connectivity index (χ2n) is 4.60. The fourth-order valence-electron chi connectivity index (χ4n) is 1.61. The van der Waals surface area contributed by atoms with Crippen LogP contribution in [0.3, 0.4) is 0 Å². The van der Waals surface area contributed by atoms with Crippen LogP contribution in [0.15, 0.2) is 36.4 Å². The van der Waals surface area contributed by atoms with Gasteiger partial charge in [0.2, 0.25) is 0 Å². The fourth-order valence-corrected chi connectivity index (χ4v) is 1.61. The Bertz CT molecular complexity index is 382. The Kier molecular flexibility index (Phi) is 4.65. The van der Waals surface area contributed by atoms with E-state index in [2.05, 4.69) is 11.9 Å².